The third kappa shape index (κ3) is 1.82. The third-order valence-corrected chi connectivity index (χ3v) is 2.21. The van der Waals surface area contributed by atoms with Gasteiger partial charge in [0.15, 0.2) is 0 Å². The van der Waals surface area contributed by atoms with Crippen LogP contribution in [0.2, 0.25) is 5.02 Å². The average Bonchev–Trinajstić information content (AvgIpc) is 2.08. The van der Waals surface area contributed by atoms with Gasteiger partial charge in [-0.05, 0) is 12.5 Å². The van der Waals surface area contributed by atoms with Gasteiger partial charge in [-0.25, -0.2) is 13.6 Å². The zero-order valence-electron chi connectivity index (χ0n) is 7.09. The van der Waals surface area contributed by atoms with Crippen LogP contribution in [0.15, 0.2) is 6.20 Å². The summed E-state index contributed by atoms with van der Waals surface area (Å²) in [5.41, 5.74) is -0.755. The SMILES string of the molecule is Cc1c(C(F)F)ncc(C(=O)O)c1Cl. The Morgan fingerprint density at radius 1 is 1.64 bits per heavy atom. The Labute approximate surface area is 83.3 Å². The molecule has 0 aromatic carbocycles. The number of aromatic nitrogens is 1. The highest BCUT2D eigenvalue weighted by Gasteiger charge is 2.19. The summed E-state index contributed by atoms with van der Waals surface area (Å²) in [7, 11) is 0. The van der Waals surface area contributed by atoms with E-state index in [-0.39, 0.29) is 16.1 Å². The van der Waals surface area contributed by atoms with Crippen molar-refractivity contribution >= 4 is 17.6 Å². The molecule has 0 radical (unpaired) electrons. The van der Waals surface area contributed by atoms with Gasteiger partial charge in [-0.15, -0.1) is 0 Å². The molecular formula is C8H6ClF2NO2. The first kappa shape index (κ1) is 10.8. The summed E-state index contributed by atoms with van der Waals surface area (Å²) in [4.78, 5) is 13.9. The lowest BCUT2D eigenvalue weighted by Gasteiger charge is -2.07. The highest BCUT2D eigenvalue weighted by atomic mass is 35.5. The Bertz CT molecular complexity index is 382. The van der Waals surface area contributed by atoms with E-state index in [0.29, 0.717) is 0 Å². The van der Waals surface area contributed by atoms with E-state index >= 15 is 0 Å². The number of alkyl halides is 2. The van der Waals surface area contributed by atoms with E-state index < -0.39 is 18.1 Å². The zero-order chi connectivity index (χ0) is 10.9. The monoisotopic (exact) mass is 221 g/mol. The van der Waals surface area contributed by atoms with Gasteiger partial charge in [-0.3, -0.25) is 4.98 Å². The number of hydrogen-bond donors (Lipinski definition) is 1. The Morgan fingerprint density at radius 3 is 2.64 bits per heavy atom. The van der Waals surface area contributed by atoms with Crippen LogP contribution >= 0.6 is 11.6 Å². The minimum Gasteiger partial charge on any atom is -0.478 e. The molecule has 6 heteroatoms. The number of carboxylic acid groups (broad SMARTS) is 1. The van der Waals surface area contributed by atoms with E-state index in [2.05, 4.69) is 4.98 Å². The summed E-state index contributed by atoms with van der Waals surface area (Å²) >= 11 is 5.58. The molecule has 3 nitrogen and oxygen atoms in total. The minimum absolute atomic E-state index is 0.00145. The highest BCUT2D eigenvalue weighted by molar-refractivity contribution is 6.34. The number of nitrogens with zero attached hydrogens (tertiary/aromatic N) is 1. The molecule has 76 valence electrons. The number of hydrogen-bond acceptors (Lipinski definition) is 2. The molecular weight excluding hydrogens is 216 g/mol. The first-order valence-electron chi connectivity index (χ1n) is 3.61. The standard InChI is InChI=1S/C8H6ClF2NO2/c1-3-5(9)4(8(13)14)2-12-6(3)7(10)11/h2,7H,1H3,(H,13,14). The molecule has 0 spiro atoms. The van der Waals surface area contributed by atoms with Gasteiger partial charge < -0.3 is 5.11 Å². The van der Waals surface area contributed by atoms with Crippen molar-refractivity contribution in [2.45, 2.75) is 13.3 Å². The normalized spacial score (nSPS) is 10.6. The van der Waals surface area contributed by atoms with Crippen LogP contribution in [0.3, 0.4) is 0 Å². The van der Waals surface area contributed by atoms with Gasteiger partial charge in [0.05, 0.1) is 10.6 Å². The van der Waals surface area contributed by atoms with Crippen molar-refractivity contribution in [3.8, 4) is 0 Å². The molecule has 0 aliphatic carbocycles. The predicted molar refractivity (Wildman–Crippen MR) is 45.9 cm³/mol. The maximum Gasteiger partial charge on any atom is 0.338 e. The third-order valence-electron chi connectivity index (χ3n) is 1.72. The molecule has 0 fully saturated rings. The van der Waals surface area contributed by atoms with Crippen LogP contribution in [0.5, 0.6) is 0 Å². The van der Waals surface area contributed by atoms with E-state index in [1.807, 2.05) is 0 Å². The van der Waals surface area contributed by atoms with Crippen molar-refractivity contribution in [1.82, 2.24) is 4.98 Å². The molecule has 0 atom stereocenters. The van der Waals surface area contributed by atoms with Crippen molar-refractivity contribution in [2.75, 3.05) is 0 Å². The Hall–Kier alpha value is -1.23. The molecule has 1 rings (SSSR count). The van der Waals surface area contributed by atoms with Gasteiger partial charge in [-0.2, -0.15) is 0 Å². The average molecular weight is 222 g/mol. The molecule has 1 N–H and O–H groups in total. The summed E-state index contributed by atoms with van der Waals surface area (Å²) in [5, 5.41) is 8.42. The van der Waals surface area contributed by atoms with E-state index in [4.69, 9.17) is 16.7 Å². The number of carboxylic acids is 1. The predicted octanol–water partition coefficient (Wildman–Crippen LogP) is 2.68. The summed E-state index contributed by atoms with van der Waals surface area (Å²) in [6, 6.07) is 0. The lowest BCUT2D eigenvalue weighted by molar-refractivity contribution is 0.0695. The fraction of sp³-hybridized carbons (Fsp3) is 0.250. The topological polar surface area (TPSA) is 50.2 Å². The molecule has 0 unspecified atom stereocenters. The number of aromatic carboxylic acids is 1. The summed E-state index contributed by atoms with van der Waals surface area (Å²) in [6.45, 7) is 1.31. The quantitative estimate of drug-likeness (QED) is 0.835. The van der Waals surface area contributed by atoms with Crippen molar-refractivity contribution in [3.05, 3.63) is 28.0 Å². The molecule has 0 saturated carbocycles. The van der Waals surface area contributed by atoms with Crippen molar-refractivity contribution < 1.29 is 18.7 Å². The Kier molecular flexibility index (Phi) is 3.00. The van der Waals surface area contributed by atoms with Gasteiger partial charge in [0.1, 0.15) is 5.69 Å². The van der Waals surface area contributed by atoms with Gasteiger partial charge in [0.2, 0.25) is 0 Å². The maximum absolute atomic E-state index is 12.3. The second kappa shape index (κ2) is 3.88. The van der Waals surface area contributed by atoms with Crippen LogP contribution < -0.4 is 0 Å². The van der Waals surface area contributed by atoms with Crippen LogP contribution in [0.4, 0.5) is 8.78 Å². The Balaban J connectivity index is 3.33. The first-order chi connectivity index (χ1) is 6.45. The lowest BCUT2D eigenvalue weighted by atomic mass is 10.1. The van der Waals surface area contributed by atoms with Gasteiger partial charge in [-0.1, -0.05) is 11.6 Å². The summed E-state index contributed by atoms with van der Waals surface area (Å²) in [6.07, 6.45) is -1.92. The van der Waals surface area contributed by atoms with E-state index in [1.54, 1.807) is 0 Å². The molecule has 14 heavy (non-hydrogen) atoms. The molecule has 1 aromatic rings. The van der Waals surface area contributed by atoms with Crippen LogP contribution in [0.25, 0.3) is 0 Å². The van der Waals surface area contributed by atoms with E-state index in [0.717, 1.165) is 6.20 Å². The van der Waals surface area contributed by atoms with Gasteiger partial charge in [0, 0.05) is 6.20 Å². The first-order valence-corrected chi connectivity index (χ1v) is 3.99. The number of rotatable bonds is 2. The molecule has 0 bridgehead atoms. The highest BCUT2D eigenvalue weighted by Crippen LogP contribution is 2.28. The largest absolute Gasteiger partial charge is 0.478 e. The van der Waals surface area contributed by atoms with Crippen LogP contribution in [-0.2, 0) is 0 Å². The fourth-order valence-electron chi connectivity index (χ4n) is 0.971. The van der Waals surface area contributed by atoms with E-state index in [9.17, 15) is 13.6 Å². The molecule has 0 aliphatic rings. The molecule has 1 heterocycles. The summed E-state index contributed by atoms with van der Waals surface area (Å²) < 4.78 is 24.5. The number of pyridine rings is 1. The molecule has 0 saturated heterocycles. The van der Waals surface area contributed by atoms with Crippen molar-refractivity contribution in [1.29, 1.82) is 0 Å². The summed E-state index contributed by atoms with van der Waals surface area (Å²) in [5.74, 6) is -1.29. The number of halogens is 3. The Morgan fingerprint density at radius 2 is 2.21 bits per heavy atom. The van der Waals surface area contributed by atoms with Crippen LogP contribution in [-0.4, -0.2) is 16.1 Å². The maximum atomic E-state index is 12.3. The second-order valence-electron chi connectivity index (χ2n) is 2.60. The lowest BCUT2D eigenvalue weighted by Crippen LogP contribution is -2.04. The molecule has 0 aliphatic heterocycles. The minimum atomic E-state index is -2.75. The van der Waals surface area contributed by atoms with Gasteiger partial charge >= 0.3 is 5.97 Å². The van der Waals surface area contributed by atoms with Crippen LogP contribution in [0, 0.1) is 6.92 Å². The second-order valence-corrected chi connectivity index (χ2v) is 2.98. The zero-order valence-corrected chi connectivity index (χ0v) is 7.85. The molecule has 0 amide bonds. The van der Waals surface area contributed by atoms with Gasteiger partial charge in [0.25, 0.3) is 6.43 Å². The molecule has 1 aromatic heterocycles. The van der Waals surface area contributed by atoms with Crippen molar-refractivity contribution in [3.63, 3.8) is 0 Å². The van der Waals surface area contributed by atoms with Crippen LogP contribution in [0.1, 0.15) is 28.0 Å². The van der Waals surface area contributed by atoms with Crippen molar-refractivity contribution in [2.24, 2.45) is 0 Å². The fourth-order valence-corrected chi connectivity index (χ4v) is 1.20. The smallest absolute Gasteiger partial charge is 0.338 e. The number of carbonyl (C=O) groups is 1. The van der Waals surface area contributed by atoms with E-state index in [1.165, 1.54) is 6.92 Å².